The van der Waals surface area contributed by atoms with E-state index >= 15 is 4.57 Å². The molecular formula is C29H33N2O5P. The lowest BCUT2D eigenvalue weighted by Crippen LogP contribution is -2.28. The monoisotopic (exact) mass is 520 g/mol. The Balaban J connectivity index is 1.80. The normalized spacial score (nSPS) is 15.2. The van der Waals surface area contributed by atoms with Crippen molar-refractivity contribution in [2.75, 3.05) is 43.3 Å². The van der Waals surface area contributed by atoms with Crippen LogP contribution in [-0.2, 0) is 20.5 Å². The van der Waals surface area contributed by atoms with Crippen LogP contribution in [-0.4, -0.2) is 39.9 Å². The maximum absolute atomic E-state index is 15.3. The van der Waals surface area contributed by atoms with Crippen molar-refractivity contribution in [2.24, 2.45) is 5.92 Å². The van der Waals surface area contributed by atoms with Crippen LogP contribution >= 0.6 is 7.44 Å². The van der Waals surface area contributed by atoms with Gasteiger partial charge in [-0.05, 0) is 55.3 Å². The molecule has 0 aliphatic carbocycles. The van der Waals surface area contributed by atoms with E-state index in [0.29, 0.717) is 29.9 Å². The fourth-order valence-electron chi connectivity index (χ4n) is 4.68. The van der Waals surface area contributed by atoms with Crippen LogP contribution in [0.4, 0.5) is 11.4 Å². The Morgan fingerprint density at radius 2 is 1.38 bits per heavy atom. The van der Waals surface area contributed by atoms with Crippen molar-refractivity contribution >= 4 is 24.8 Å². The summed E-state index contributed by atoms with van der Waals surface area (Å²) in [4.78, 5) is 13.4. The van der Waals surface area contributed by atoms with Crippen LogP contribution in [0.2, 0.25) is 0 Å². The Morgan fingerprint density at radius 3 is 1.81 bits per heavy atom. The molecule has 8 heteroatoms. The Morgan fingerprint density at radius 1 is 0.892 bits per heavy atom. The smallest absolute Gasteiger partial charge is 0.314 e. The minimum Gasteiger partial charge on any atom is -0.497 e. The van der Waals surface area contributed by atoms with Gasteiger partial charge >= 0.3 is 5.97 Å². The minimum atomic E-state index is -3.52. The number of anilines is 2. The molecule has 0 bridgehead atoms. The standard InChI is InChI=1S/C29H33N2O5P/c1-5-36-29(32)28(20-23-18-26(34-3)21-27(19-23)35-4)22(2)37(33)30(24-12-8-6-9-13-24)16-17-31(37)25-14-10-7-11-15-25/h6-15,18-19,21,28H,2,5,16-17,20H2,1,3-4H3. The van der Waals surface area contributed by atoms with E-state index in [2.05, 4.69) is 6.58 Å². The Bertz CT molecular complexity index is 1210. The number of esters is 1. The summed E-state index contributed by atoms with van der Waals surface area (Å²) in [5.74, 6) is -0.102. The van der Waals surface area contributed by atoms with Gasteiger partial charge in [-0.25, -0.2) is 0 Å². The van der Waals surface area contributed by atoms with Crippen molar-refractivity contribution in [3.05, 3.63) is 96.3 Å². The van der Waals surface area contributed by atoms with Crippen LogP contribution in [0.15, 0.2) is 90.8 Å². The third-order valence-electron chi connectivity index (χ3n) is 6.49. The van der Waals surface area contributed by atoms with Gasteiger partial charge < -0.3 is 23.6 Å². The number of hydrogen-bond donors (Lipinski definition) is 0. The molecule has 37 heavy (non-hydrogen) atoms. The van der Waals surface area contributed by atoms with E-state index in [1.54, 1.807) is 27.2 Å². The highest BCUT2D eigenvalue weighted by Gasteiger charge is 2.49. The van der Waals surface area contributed by atoms with Gasteiger partial charge in [0.1, 0.15) is 11.5 Å². The summed E-state index contributed by atoms with van der Waals surface area (Å²) in [6, 6.07) is 24.7. The average Bonchev–Trinajstić information content (AvgIpc) is 3.30. The molecule has 0 amide bonds. The molecule has 0 N–H and O–H groups in total. The zero-order valence-electron chi connectivity index (χ0n) is 21.5. The molecule has 1 aliphatic heterocycles. The number of rotatable bonds is 10. The van der Waals surface area contributed by atoms with E-state index in [-0.39, 0.29) is 13.0 Å². The van der Waals surface area contributed by atoms with Gasteiger partial charge in [-0.1, -0.05) is 43.0 Å². The average molecular weight is 521 g/mol. The molecule has 0 radical (unpaired) electrons. The number of benzene rings is 3. The highest BCUT2D eigenvalue weighted by molar-refractivity contribution is 7.71. The van der Waals surface area contributed by atoms with Gasteiger partial charge in [0.15, 0.2) is 0 Å². The van der Waals surface area contributed by atoms with Crippen LogP contribution in [0.1, 0.15) is 12.5 Å². The summed E-state index contributed by atoms with van der Waals surface area (Å²) >= 11 is 0. The van der Waals surface area contributed by atoms with E-state index in [0.717, 1.165) is 16.9 Å². The van der Waals surface area contributed by atoms with Crippen LogP contribution in [0.5, 0.6) is 11.5 Å². The predicted octanol–water partition coefficient (Wildman–Crippen LogP) is 6.16. The molecule has 1 saturated heterocycles. The summed E-state index contributed by atoms with van der Waals surface area (Å²) in [7, 11) is -0.373. The van der Waals surface area contributed by atoms with Gasteiger partial charge in [-0.3, -0.25) is 9.36 Å². The first-order valence-corrected chi connectivity index (χ1v) is 13.9. The molecule has 1 unspecified atom stereocenters. The Kier molecular flexibility index (Phi) is 8.24. The lowest BCUT2D eigenvalue weighted by Gasteiger charge is -2.36. The first kappa shape index (κ1) is 26.4. The van der Waals surface area contributed by atoms with E-state index in [9.17, 15) is 4.79 Å². The second-order valence-corrected chi connectivity index (χ2v) is 11.3. The van der Waals surface area contributed by atoms with Gasteiger partial charge in [0.2, 0.25) is 0 Å². The van der Waals surface area contributed by atoms with Crippen molar-refractivity contribution in [1.82, 2.24) is 0 Å². The van der Waals surface area contributed by atoms with Gasteiger partial charge in [0.05, 0.1) is 26.7 Å². The number of carbonyl (C=O) groups is 1. The molecule has 0 aromatic heterocycles. The Hall–Kier alpha value is -3.70. The molecule has 1 aliphatic rings. The van der Waals surface area contributed by atoms with Crippen molar-refractivity contribution in [1.29, 1.82) is 0 Å². The van der Waals surface area contributed by atoms with E-state index in [1.807, 2.05) is 82.1 Å². The second kappa shape index (κ2) is 11.6. The van der Waals surface area contributed by atoms with Gasteiger partial charge in [-0.15, -0.1) is 0 Å². The molecule has 3 aromatic rings. The number of carbonyl (C=O) groups excluding carboxylic acids is 1. The summed E-state index contributed by atoms with van der Waals surface area (Å²) in [6.07, 6.45) is 0.237. The van der Waals surface area contributed by atoms with Gasteiger partial charge in [0.25, 0.3) is 7.44 Å². The van der Waals surface area contributed by atoms with E-state index in [1.165, 1.54) is 0 Å². The molecule has 1 fully saturated rings. The fraction of sp³-hybridized carbons (Fsp3) is 0.276. The van der Waals surface area contributed by atoms with Crippen LogP contribution < -0.4 is 18.8 Å². The lowest BCUT2D eigenvalue weighted by atomic mass is 9.98. The quantitative estimate of drug-likeness (QED) is 0.234. The third-order valence-corrected chi connectivity index (χ3v) is 9.72. The first-order valence-electron chi connectivity index (χ1n) is 12.3. The number of hydrogen-bond acceptors (Lipinski definition) is 5. The molecule has 0 spiro atoms. The maximum atomic E-state index is 15.3. The third kappa shape index (κ3) is 5.37. The molecular weight excluding hydrogens is 487 g/mol. The van der Waals surface area contributed by atoms with Gasteiger partial charge in [0, 0.05) is 35.8 Å². The fourth-order valence-corrected chi connectivity index (χ4v) is 7.77. The highest BCUT2D eigenvalue weighted by Crippen LogP contribution is 2.67. The molecule has 4 rings (SSSR count). The summed E-state index contributed by atoms with van der Waals surface area (Å²) in [5, 5.41) is 0.331. The van der Waals surface area contributed by atoms with Gasteiger partial charge in [-0.2, -0.15) is 0 Å². The predicted molar refractivity (Wildman–Crippen MR) is 148 cm³/mol. The molecule has 1 atom stereocenters. The minimum absolute atomic E-state index is 0.207. The number of ether oxygens (including phenoxy) is 3. The summed E-state index contributed by atoms with van der Waals surface area (Å²) in [6.45, 7) is 7.35. The molecule has 7 nitrogen and oxygen atoms in total. The van der Waals surface area contributed by atoms with Crippen molar-refractivity contribution in [3.63, 3.8) is 0 Å². The summed E-state index contributed by atoms with van der Waals surface area (Å²) in [5.41, 5.74) is 2.42. The Labute approximate surface area is 218 Å². The topological polar surface area (TPSA) is 68.3 Å². The summed E-state index contributed by atoms with van der Waals surface area (Å²) < 4.78 is 35.4. The SMILES string of the molecule is C=C(C(Cc1cc(OC)cc(OC)c1)C(=O)OCC)P1(=O)N(c2ccccc2)CCN1c1ccccc1. The molecule has 194 valence electrons. The molecule has 1 heterocycles. The molecule has 0 saturated carbocycles. The maximum Gasteiger partial charge on any atom is 0.314 e. The lowest BCUT2D eigenvalue weighted by molar-refractivity contribution is -0.146. The van der Waals surface area contributed by atoms with Crippen molar-refractivity contribution in [2.45, 2.75) is 13.3 Å². The first-order chi connectivity index (χ1) is 17.9. The second-order valence-electron chi connectivity index (χ2n) is 8.68. The highest BCUT2D eigenvalue weighted by atomic mass is 31.2. The van der Waals surface area contributed by atoms with Crippen LogP contribution in [0, 0.1) is 5.92 Å². The van der Waals surface area contributed by atoms with Crippen LogP contribution in [0.3, 0.4) is 0 Å². The number of para-hydroxylation sites is 2. The molecule has 3 aromatic carbocycles. The zero-order valence-corrected chi connectivity index (χ0v) is 22.4. The van der Waals surface area contributed by atoms with E-state index < -0.39 is 19.3 Å². The van der Waals surface area contributed by atoms with Crippen molar-refractivity contribution < 1.29 is 23.6 Å². The zero-order chi connectivity index (χ0) is 26.4. The van der Waals surface area contributed by atoms with E-state index in [4.69, 9.17) is 14.2 Å². The largest absolute Gasteiger partial charge is 0.497 e. The number of methoxy groups -OCH3 is 2. The van der Waals surface area contributed by atoms with Crippen LogP contribution in [0.25, 0.3) is 0 Å². The van der Waals surface area contributed by atoms with Crippen molar-refractivity contribution in [3.8, 4) is 11.5 Å². The number of nitrogens with zero attached hydrogens (tertiary/aromatic N) is 2.